The molecule has 2 N–H and O–H groups in total. The van der Waals surface area contributed by atoms with E-state index in [2.05, 4.69) is 0 Å². The number of rotatable bonds is 4. The van der Waals surface area contributed by atoms with Gasteiger partial charge in [-0.3, -0.25) is 4.79 Å². The van der Waals surface area contributed by atoms with Crippen molar-refractivity contribution in [1.82, 2.24) is 0 Å². The Morgan fingerprint density at radius 3 is 2.40 bits per heavy atom. The standard InChI is InChI=1S/C16H14FNO2/c1-20-14-7-5-11(6-8-14)15(10-16(18)19)12-3-2-4-13(17)9-12/h2-10H,1H3,(H2,18,19). The molecule has 0 heterocycles. The molecular formula is C16H14FNO2. The van der Waals surface area contributed by atoms with Gasteiger partial charge < -0.3 is 10.5 Å². The first-order chi connectivity index (χ1) is 9.60. The summed E-state index contributed by atoms with van der Waals surface area (Å²) < 4.78 is 18.4. The maximum Gasteiger partial charge on any atom is 0.242 e. The highest BCUT2D eigenvalue weighted by Crippen LogP contribution is 2.25. The summed E-state index contributed by atoms with van der Waals surface area (Å²) in [7, 11) is 1.57. The minimum absolute atomic E-state index is 0.369. The number of carbonyl (C=O) groups excluding carboxylic acids is 1. The molecule has 0 saturated carbocycles. The highest BCUT2D eigenvalue weighted by molar-refractivity contribution is 5.98. The summed E-state index contributed by atoms with van der Waals surface area (Å²) in [6.45, 7) is 0. The summed E-state index contributed by atoms with van der Waals surface area (Å²) in [4.78, 5) is 11.2. The van der Waals surface area contributed by atoms with E-state index in [1.807, 2.05) is 0 Å². The van der Waals surface area contributed by atoms with Gasteiger partial charge in [0.25, 0.3) is 0 Å². The molecular weight excluding hydrogens is 257 g/mol. The van der Waals surface area contributed by atoms with Gasteiger partial charge in [0.05, 0.1) is 7.11 Å². The molecule has 2 rings (SSSR count). The SMILES string of the molecule is COc1ccc(C(=CC(N)=O)c2cccc(F)c2)cc1. The number of amides is 1. The fourth-order valence-corrected chi connectivity index (χ4v) is 1.90. The summed E-state index contributed by atoms with van der Waals surface area (Å²) in [6, 6.07) is 13.1. The van der Waals surface area contributed by atoms with Gasteiger partial charge in [-0.25, -0.2) is 4.39 Å². The van der Waals surface area contributed by atoms with E-state index >= 15 is 0 Å². The molecule has 0 aliphatic heterocycles. The van der Waals surface area contributed by atoms with Crippen LogP contribution in [0.3, 0.4) is 0 Å². The highest BCUT2D eigenvalue weighted by Gasteiger charge is 2.08. The van der Waals surface area contributed by atoms with E-state index in [9.17, 15) is 9.18 Å². The fourth-order valence-electron chi connectivity index (χ4n) is 1.90. The molecule has 4 heteroatoms. The number of halogens is 1. The first-order valence-corrected chi connectivity index (χ1v) is 6.01. The summed E-state index contributed by atoms with van der Waals surface area (Å²) >= 11 is 0. The van der Waals surface area contributed by atoms with Crippen molar-refractivity contribution in [2.24, 2.45) is 5.73 Å². The van der Waals surface area contributed by atoms with E-state index in [0.29, 0.717) is 16.9 Å². The lowest BCUT2D eigenvalue weighted by Crippen LogP contribution is -2.07. The second kappa shape index (κ2) is 6.02. The lowest BCUT2D eigenvalue weighted by Gasteiger charge is -2.09. The molecule has 0 bridgehead atoms. The molecule has 0 saturated heterocycles. The van der Waals surface area contributed by atoms with Gasteiger partial charge in [-0.2, -0.15) is 0 Å². The van der Waals surface area contributed by atoms with Crippen LogP contribution in [0.2, 0.25) is 0 Å². The quantitative estimate of drug-likeness (QED) is 0.869. The number of methoxy groups -OCH3 is 1. The molecule has 0 aromatic heterocycles. The van der Waals surface area contributed by atoms with Gasteiger partial charge in [-0.15, -0.1) is 0 Å². The van der Waals surface area contributed by atoms with Crippen molar-refractivity contribution in [2.45, 2.75) is 0 Å². The van der Waals surface area contributed by atoms with Crippen LogP contribution in [0.4, 0.5) is 4.39 Å². The van der Waals surface area contributed by atoms with Gasteiger partial charge in [-0.1, -0.05) is 24.3 Å². The summed E-state index contributed by atoms with van der Waals surface area (Å²) in [5.74, 6) is -0.252. The lowest BCUT2D eigenvalue weighted by molar-refractivity contribution is -0.113. The van der Waals surface area contributed by atoms with E-state index in [-0.39, 0.29) is 5.82 Å². The van der Waals surface area contributed by atoms with Crippen molar-refractivity contribution >= 4 is 11.5 Å². The highest BCUT2D eigenvalue weighted by atomic mass is 19.1. The van der Waals surface area contributed by atoms with Gasteiger partial charge in [0, 0.05) is 6.08 Å². The largest absolute Gasteiger partial charge is 0.497 e. The molecule has 0 radical (unpaired) electrons. The van der Waals surface area contributed by atoms with Crippen LogP contribution in [0, 0.1) is 5.82 Å². The Morgan fingerprint density at radius 1 is 1.15 bits per heavy atom. The molecule has 1 amide bonds. The van der Waals surface area contributed by atoms with Crippen LogP contribution in [0.1, 0.15) is 11.1 Å². The van der Waals surface area contributed by atoms with E-state index in [0.717, 1.165) is 5.56 Å². The molecule has 0 aliphatic rings. The first kappa shape index (κ1) is 13.8. The Hall–Kier alpha value is -2.62. The minimum atomic E-state index is -0.583. The average Bonchev–Trinajstić information content (AvgIpc) is 2.45. The minimum Gasteiger partial charge on any atom is -0.497 e. The first-order valence-electron chi connectivity index (χ1n) is 6.01. The van der Waals surface area contributed by atoms with Crippen LogP contribution in [-0.2, 0) is 4.79 Å². The van der Waals surface area contributed by atoms with Crippen LogP contribution in [-0.4, -0.2) is 13.0 Å². The van der Waals surface area contributed by atoms with Crippen LogP contribution in [0.15, 0.2) is 54.6 Å². The van der Waals surface area contributed by atoms with Crippen molar-refractivity contribution in [3.05, 3.63) is 71.6 Å². The third-order valence-corrected chi connectivity index (χ3v) is 2.82. The molecule has 20 heavy (non-hydrogen) atoms. The molecule has 2 aromatic carbocycles. The average molecular weight is 271 g/mol. The smallest absolute Gasteiger partial charge is 0.242 e. The Balaban J connectivity index is 2.50. The molecule has 3 nitrogen and oxygen atoms in total. The summed E-state index contributed by atoms with van der Waals surface area (Å²) in [5.41, 5.74) is 7.15. The Bertz CT molecular complexity index is 648. The van der Waals surface area contributed by atoms with Crippen LogP contribution in [0.5, 0.6) is 5.75 Å². The predicted molar refractivity (Wildman–Crippen MR) is 75.7 cm³/mol. The zero-order valence-electron chi connectivity index (χ0n) is 11.0. The number of primary amides is 1. The zero-order chi connectivity index (χ0) is 14.5. The van der Waals surface area contributed by atoms with Gasteiger partial charge in [0.1, 0.15) is 11.6 Å². The van der Waals surface area contributed by atoms with Crippen molar-refractivity contribution in [2.75, 3.05) is 7.11 Å². The Kier molecular flexibility index (Phi) is 4.15. The topological polar surface area (TPSA) is 52.3 Å². The molecule has 0 atom stereocenters. The van der Waals surface area contributed by atoms with E-state index in [1.54, 1.807) is 43.5 Å². The second-order valence-corrected chi connectivity index (χ2v) is 4.20. The van der Waals surface area contributed by atoms with E-state index in [4.69, 9.17) is 10.5 Å². The molecule has 0 spiro atoms. The summed E-state index contributed by atoms with van der Waals surface area (Å²) in [6.07, 6.45) is 1.29. The maximum absolute atomic E-state index is 13.3. The number of hydrogen-bond acceptors (Lipinski definition) is 2. The van der Waals surface area contributed by atoms with Crippen LogP contribution < -0.4 is 10.5 Å². The van der Waals surface area contributed by atoms with Crippen molar-refractivity contribution in [3.8, 4) is 5.75 Å². The van der Waals surface area contributed by atoms with Crippen LogP contribution in [0.25, 0.3) is 5.57 Å². The molecule has 102 valence electrons. The molecule has 0 fully saturated rings. The predicted octanol–water partition coefficient (Wildman–Crippen LogP) is 2.75. The third-order valence-electron chi connectivity index (χ3n) is 2.82. The van der Waals surface area contributed by atoms with Crippen molar-refractivity contribution in [1.29, 1.82) is 0 Å². The summed E-state index contributed by atoms with van der Waals surface area (Å²) in [5, 5.41) is 0. The third kappa shape index (κ3) is 3.23. The zero-order valence-corrected chi connectivity index (χ0v) is 11.0. The molecule has 2 aromatic rings. The number of carbonyl (C=O) groups is 1. The monoisotopic (exact) mass is 271 g/mol. The Labute approximate surface area is 116 Å². The number of hydrogen-bond donors (Lipinski definition) is 1. The second-order valence-electron chi connectivity index (χ2n) is 4.20. The normalized spacial score (nSPS) is 11.2. The number of ether oxygens (including phenoxy) is 1. The Morgan fingerprint density at radius 2 is 1.85 bits per heavy atom. The van der Waals surface area contributed by atoms with E-state index < -0.39 is 5.91 Å². The number of nitrogens with two attached hydrogens (primary N) is 1. The van der Waals surface area contributed by atoms with Crippen molar-refractivity contribution in [3.63, 3.8) is 0 Å². The van der Waals surface area contributed by atoms with Crippen molar-refractivity contribution < 1.29 is 13.9 Å². The molecule has 0 aliphatic carbocycles. The van der Waals surface area contributed by atoms with E-state index in [1.165, 1.54) is 18.2 Å². The lowest BCUT2D eigenvalue weighted by atomic mass is 9.97. The van der Waals surface area contributed by atoms with Gasteiger partial charge >= 0.3 is 0 Å². The van der Waals surface area contributed by atoms with Crippen LogP contribution >= 0.6 is 0 Å². The number of benzene rings is 2. The molecule has 0 unspecified atom stereocenters. The fraction of sp³-hybridized carbons (Fsp3) is 0.0625. The van der Waals surface area contributed by atoms with Gasteiger partial charge in [0.2, 0.25) is 5.91 Å². The maximum atomic E-state index is 13.3. The van der Waals surface area contributed by atoms with Gasteiger partial charge in [-0.05, 0) is 41.0 Å². The van der Waals surface area contributed by atoms with Gasteiger partial charge in [0.15, 0.2) is 0 Å².